The highest BCUT2D eigenvalue weighted by Gasteiger charge is 2.24. The second-order valence-electron chi connectivity index (χ2n) is 4.56. The lowest BCUT2D eigenvalue weighted by molar-refractivity contribution is 0.414. The van der Waals surface area contributed by atoms with Crippen molar-refractivity contribution in [2.24, 2.45) is 5.73 Å². The van der Waals surface area contributed by atoms with E-state index in [0.29, 0.717) is 11.3 Å². The van der Waals surface area contributed by atoms with E-state index in [4.69, 9.17) is 10.5 Å². The third kappa shape index (κ3) is 2.58. The molecule has 0 spiro atoms. The van der Waals surface area contributed by atoms with Crippen LogP contribution in [0.2, 0.25) is 0 Å². The molecule has 0 saturated carbocycles. The van der Waals surface area contributed by atoms with Crippen molar-refractivity contribution in [3.05, 3.63) is 65.2 Å². The number of ether oxygens (including phenoxy) is 1. The molecule has 0 radical (unpaired) electrons. The van der Waals surface area contributed by atoms with Crippen molar-refractivity contribution in [3.63, 3.8) is 0 Å². The molecule has 0 bridgehead atoms. The molecule has 2 N–H and O–H groups in total. The Labute approximate surface area is 110 Å². The molecule has 0 amide bonds. The number of hydrogen-bond donors (Lipinski definition) is 1. The fourth-order valence-electron chi connectivity index (χ4n) is 1.92. The molecule has 0 aliphatic rings. The van der Waals surface area contributed by atoms with Crippen molar-refractivity contribution in [1.82, 2.24) is 0 Å². The SMILES string of the molecule is COc1ccc(C(C)(N)c2ccc(F)c(F)c2)cc1. The van der Waals surface area contributed by atoms with Gasteiger partial charge >= 0.3 is 0 Å². The molecule has 1 unspecified atom stereocenters. The highest BCUT2D eigenvalue weighted by atomic mass is 19.2. The summed E-state index contributed by atoms with van der Waals surface area (Å²) in [6, 6.07) is 10.9. The first-order valence-electron chi connectivity index (χ1n) is 5.84. The minimum absolute atomic E-state index is 0.511. The van der Waals surface area contributed by atoms with E-state index in [0.717, 1.165) is 17.7 Å². The highest BCUT2D eigenvalue weighted by Crippen LogP contribution is 2.28. The summed E-state index contributed by atoms with van der Waals surface area (Å²) in [6.45, 7) is 1.75. The summed E-state index contributed by atoms with van der Waals surface area (Å²) in [6.07, 6.45) is 0. The Morgan fingerprint density at radius 3 is 2.05 bits per heavy atom. The van der Waals surface area contributed by atoms with Gasteiger partial charge in [-0.25, -0.2) is 8.78 Å². The quantitative estimate of drug-likeness (QED) is 0.923. The van der Waals surface area contributed by atoms with Gasteiger partial charge in [0, 0.05) is 0 Å². The second kappa shape index (κ2) is 4.97. The summed E-state index contributed by atoms with van der Waals surface area (Å²) >= 11 is 0. The van der Waals surface area contributed by atoms with E-state index in [1.54, 1.807) is 38.3 Å². The topological polar surface area (TPSA) is 35.2 Å². The van der Waals surface area contributed by atoms with Crippen LogP contribution < -0.4 is 10.5 Å². The van der Waals surface area contributed by atoms with Crippen LogP contribution >= 0.6 is 0 Å². The number of halogens is 2. The van der Waals surface area contributed by atoms with Crippen LogP contribution in [-0.2, 0) is 5.54 Å². The number of rotatable bonds is 3. The Hall–Kier alpha value is -1.94. The predicted molar refractivity (Wildman–Crippen MR) is 70.0 cm³/mol. The highest BCUT2D eigenvalue weighted by molar-refractivity contribution is 5.39. The summed E-state index contributed by atoms with van der Waals surface area (Å²) in [5.74, 6) is -1.07. The van der Waals surface area contributed by atoms with E-state index in [-0.39, 0.29) is 0 Å². The molecule has 100 valence electrons. The Morgan fingerprint density at radius 2 is 1.53 bits per heavy atom. The maximum atomic E-state index is 13.3. The first-order valence-corrected chi connectivity index (χ1v) is 5.84. The molecule has 0 fully saturated rings. The molecule has 19 heavy (non-hydrogen) atoms. The largest absolute Gasteiger partial charge is 0.497 e. The number of nitrogens with two attached hydrogens (primary N) is 1. The fourth-order valence-corrected chi connectivity index (χ4v) is 1.92. The van der Waals surface area contributed by atoms with Gasteiger partial charge in [0.1, 0.15) is 5.75 Å². The van der Waals surface area contributed by atoms with Gasteiger partial charge in [0.2, 0.25) is 0 Å². The van der Waals surface area contributed by atoms with Crippen LogP contribution in [-0.4, -0.2) is 7.11 Å². The molecule has 0 saturated heterocycles. The van der Waals surface area contributed by atoms with E-state index in [1.807, 2.05) is 0 Å². The fraction of sp³-hybridized carbons (Fsp3) is 0.200. The molecular formula is C15H15F2NO. The van der Waals surface area contributed by atoms with E-state index >= 15 is 0 Å². The molecule has 1 atom stereocenters. The molecule has 2 aromatic carbocycles. The van der Waals surface area contributed by atoms with Gasteiger partial charge in [0.15, 0.2) is 11.6 Å². The van der Waals surface area contributed by atoms with E-state index in [9.17, 15) is 8.78 Å². The van der Waals surface area contributed by atoms with Crippen molar-refractivity contribution >= 4 is 0 Å². The molecule has 0 aliphatic heterocycles. The summed E-state index contributed by atoms with van der Waals surface area (Å²) in [4.78, 5) is 0. The summed E-state index contributed by atoms with van der Waals surface area (Å²) < 4.78 is 31.3. The number of hydrogen-bond acceptors (Lipinski definition) is 2. The average molecular weight is 263 g/mol. The van der Waals surface area contributed by atoms with Crippen molar-refractivity contribution in [2.75, 3.05) is 7.11 Å². The molecule has 2 nitrogen and oxygen atoms in total. The Kier molecular flexibility index (Phi) is 3.53. The van der Waals surface area contributed by atoms with Crippen LogP contribution in [0.4, 0.5) is 8.78 Å². The lowest BCUT2D eigenvalue weighted by atomic mass is 9.85. The van der Waals surface area contributed by atoms with E-state index in [1.165, 1.54) is 6.07 Å². The van der Waals surface area contributed by atoms with Crippen molar-refractivity contribution in [1.29, 1.82) is 0 Å². The molecule has 4 heteroatoms. The predicted octanol–water partition coefficient (Wildman–Crippen LogP) is 3.20. The monoisotopic (exact) mass is 263 g/mol. The average Bonchev–Trinajstić information content (AvgIpc) is 2.41. The summed E-state index contributed by atoms with van der Waals surface area (Å²) in [7, 11) is 1.58. The number of benzene rings is 2. The third-order valence-electron chi connectivity index (χ3n) is 3.21. The Morgan fingerprint density at radius 1 is 0.947 bits per heavy atom. The zero-order valence-corrected chi connectivity index (χ0v) is 10.8. The zero-order chi connectivity index (χ0) is 14.0. The molecule has 0 heterocycles. The standard InChI is InChI=1S/C15H15F2NO/c1-15(18,10-3-6-12(19-2)7-4-10)11-5-8-13(16)14(17)9-11/h3-9H,18H2,1-2H3. The van der Waals surface area contributed by atoms with Crippen LogP contribution in [0.25, 0.3) is 0 Å². The first-order chi connectivity index (χ1) is 8.95. The van der Waals surface area contributed by atoms with E-state index < -0.39 is 17.2 Å². The van der Waals surface area contributed by atoms with Gasteiger partial charge in [-0.2, -0.15) is 0 Å². The van der Waals surface area contributed by atoms with E-state index in [2.05, 4.69) is 0 Å². The minimum atomic E-state index is -0.902. The van der Waals surface area contributed by atoms with Gasteiger partial charge in [-0.3, -0.25) is 0 Å². The van der Waals surface area contributed by atoms with Crippen molar-refractivity contribution in [3.8, 4) is 5.75 Å². The summed E-state index contributed by atoms with van der Waals surface area (Å²) in [5, 5.41) is 0. The van der Waals surface area contributed by atoms with Gasteiger partial charge in [0.05, 0.1) is 12.6 Å². The van der Waals surface area contributed by atoms with Crippen LogP contribution in [0.15, 0.2) is 42.5 Å². The second-order valence-corrected chi connectivity index (χ2v) is 4.56. The summed E-state index contributed by atoms with van der Waals surface area (Å²) in [5.41, 5.74) is 6.64. The normalized spacial score (nSPS) is 13.9. The van der Waals surface area contributed by atoms with Gasteiger partial charge in [-0.1, -0.05) is 18.2 Å². The minimum Gasteiger partial charge on any atom is -0.497 e. The van der Waals surface area contributed by atoms with Crippen LogP contribution in [0.1, 0.15) is 18.1 Å². The zero-order valence-electron chi connectivity index (χ0n) is 10.8. The van der Waals surface area contributed by atoms with Gasteiger partial charge in [-0.15, -0.1) is 0 Å². The smallest absolute Gasteiger partial charge is 0.159 e. The van der Waals surface area contributed by atoms with Crippen LogP contribution in [0.5, 0.6) is 5.75 Å². The van der Waals surface area contributed by atoms with Gasteiger partial charge < -0.3 is 10.5 Å². The third-order valence-corrected chi connectivity index (χ3v) is 3.21. The Bertz CT molecular complexity index is 579. The van der Waals surface area contributed by atoms with Crippen LogP contribution in [0, 0.1) is 11.6 Å². The molecule has 0 aromatic heterocycles. The Balaban J connectivity index is 2.41. The number of methoxy groups -OCH3 is 1. The van der Waals surface area contributed by atoms with Gasteiger partial charge in [0.25, 0.3) is 0 Å². The lowest BCUT2D eigenvalue weighted by Crippen LogP contribution is -2.34. The lowest BCUT2D eigenvalue weighted by Gasteiger charge is -2.26. The maximum Gasteiger partial charge on any atom is 0.159 e. The molecule has 2 rings (SSSR count). The van der Waals surface area contributed by atoms with Crippen molar-refractivity contribution < 1.29 is 13.5 Å². The van der Waals surface area contributed by atoms with Crippen LogP contribution in [0.3, 0.4) is 0 Å². The first kappa shape index (κ1) is 13.5. The maximum absolute atomic E-state index is 13.3. The molecule has 2 aromatic rings. The molecule has 0 aliphatic carbocycles. The van der Waals surface area contributed by atoms with Gasteiger partial charge in [-0.05, 0) is 42.3 Å². The van der Waals surface area contributed by atoms with Crippen molar-refractivity contribution in [2.45, 2.75) is 12.5 Å². The molecular weight excluding hydrogens is 248 g/mol.